The Hall–Kier alpha value is -0.790. The summed E-state index contributed by atoms with van der Waals surface area (Å²) in [7, 11) is 0. The molecule has 0 bridgehead atoms. The van der Waals surface area contributed by atoms with E-state index >= 15 is 0 Å². The van der Waals surface area contributed by atoms with E-state index < -0.39 is 0 Å². The number of aromatic nitrogens is 1. The first-order valence-electron chi connectivity index (χ1n) is 3.68. The average molecular weight is 261 g/mol. The zero-order chi connectivity index (χ0) is 9.84. The minimum Gasteiger partial charge on any atom is -0.383 e. The second-order valence-electron chi connectivity index (χ2n) is 2.29. The Kier molecular flexibility index (Phi) is 3.52. The highest BCUT2D eigenvalue weighted by Gasteiger charge is 2.09. The molecule has 1 N–H and O–H groups in total. The summed E-state index contributed by atoms with van der Waals surface area (Å²) >= 11 is 9.04. The van der Waals surface area contributed by atoms with Gasteiger partial charge < -0.3 is 5.32 Å². The maximum atomic E-state index is 8.77. The molecule has 68 valence electrons. The van der Waals surface area contributed by atoms with Gasteiger partial charge in [0.05, 0.1) is 15.7 Å². The van der Waals surface area contributed by atoms with Crippen molar-refractivity contribution in [1.29, 1.82) is 5.26 Å². The topological polar surface area (TPSA) is 48.7 Å². The van der Waals surface area contributed by atoms with Crippen LogP contribution in [0.5, 0.6) is 0 Å². The molecule has 3 nitrogen and oxygen atoms in total. The van der Waals surface area contributed by atoms with Crippen LogP contribution in [-0.2, 0) is 0 Å². The fourth-order valence-corrected chi connectivity index (χ4v) is 1.50. The third-order valence-electron chi connectivity index (χ3n) is 1.45. The van der Waals surface area contributed by atoms with Gasteiger partial charge in [0.1, 0.15) is 11.2 Å². The van der Waals surface area contributed by atoms with Crippen LogP contribution in [0.2, 0.25) is 5.15 Å². The van der Waals surface area contributed by atoms with Gasteiger partial charge in [0.15, 0.2) is 0 Å². The lowest BCUT2D eigenvalue weighted by Gasteiger charge is -2.08. The molecule has 0 aliphatic rings. The summed E-state index contributed by atoms with van der Waals surface area (Å²) in [5.74, 6) is 0. The van der Waals surface area contributed by atoms with Crippen LogP contribution in [0.1, 0.15) is 12.5 Å². The highest BCUT2D eigenvalue weighted by Crippen LogP contribution is 2.30. The minimum atomic E-state index is 0.356. The molecular weight excluding hydrogens is 253 g/mol. The van der Waals surface area contributed by atoms with Crippen LogP contribution >= 0.6 is 27.5 Å². The van der Waals surface area contributed by atoms with E-state index in [4.69, 9.17) is 16.9 Å². The smallest absolute Gasteiger partial charge is 0.145 e. The third-order valence-corrected chi connectivity index (χ3v) is 2.74. The molecule has 5 heteroatoms. The van der Waals surface area contributed by atoms with Gasteiger partial charge in [-0.25, -0.2) is 4.98 Å². The van der Waals surface area contributed by atoms with E-state index in [1.165, 1.54) is 6.20 Å². The van der Waals surface area contributed by atoms with Crippen molar-refractivity contribution in [2.75, 3.05) is 11.9 Å². The molecule has 0 aliphatic heterocycles. The van der Waals surface area contributed by atoms with Gasteiger partial charge in [-0.15, -0.1) is 0 Å². The highest BCUT2D eigenvalue weighted by molar-refractivity contribution is 9.10. The quantitative estimate of drug-likeness (QED) is 0.832. The van der Waals surface area contributed by atoms with Gasteiger partial charge >= 0.3 is 0 Å². The number of hydrogen-bond donors (Lipinski definition) is 1. The van der Waals surface area contributed by atoms with Gasteiger partial charge in [0.25, 0.3) is 0 Å². The van der Waals surface area contributed by atoms with Gasteiger partial charge in [-0.05, 0) is 22.9 Å². The summed E-state index contributed by atoms with van der Waals surface area (Å²) in [6, 6.07) is 2.03. The first-order valence-corrected chi connectivity index (χ1v) is 4.85. The molecule has 0 saturated carbocycles. The lowest BCUT2D eigenvalue weighted by Crippen LogP contribution is -2.01. The Bertz CT molecular complexity index is 359. The molecule has 0 saturated heterocycles. The minimum absolute atomic E-state index is 0.356. The summed E-state index contributed by atoms with van der Waals surface area (Å²) < 4.78 is 0.634. The number of rotatable bonds is 2. The predicted octanol–water partition coefficient (Wildman–Crippen LogP) is 2.80. The van der Waals surface area contributed by atoms with E-state index in [-0.39, 0.29) is 0 Å². The van der Waals surface area contributed by atoms with Crippen LogP contribution < -0.4 is 5.32 Å². The summed E-state index contributed by atoms with van der Waals surface area (Å²) in [5.41, 5.74) is 1.18. The molecule has 0 aliphatic carbocycles. The molecule has 1 rings (SSSR count). The second kappa shape index (κ2) is 4.45. The normalized spacial score (nSPS) is 9.38. The van der Waals surface area contributed by atoms with Crippen LogP contribution in [0, 0.1) is 11.3 Å². The van der Waals surface area contributed by atoms with Crippen molar-refractivity contribution in [2.24, 2.45) is 0 Å². The van der Waals surface area contributed by atoms with Gasteiger partial charge in [0, 0.05) is 12.7 Å². The molecular formula is C8H7BrClN3. The molecule has 0 unspecified atom stereocenters. The Morgan fingerprint density at radius 3 is 3.00 bits per heavy atom. The molecule has 13 heavy (non-hydrogen) atoms. The SMILES string of the molecule is CCNc1c(C#N)cnc(Cl)c1Br. The van der Waals surface area contributed by atoms with Crippen molar-refractivity contribution < 1.29 is 0 Å². The van der Waals surface area contributed by atoms with Crippen molar-refractivity contribution in [3.05, 3.63) is 21.4 Å². The van der Waals surface area contributed by atoms with Crippen molar-refractivity contribution in [1.82, 2.24) is 4.98 Å². The molecule has 0 fully saturated rings. The lowest BCUT2D eigenvalue weighted by atomic mass is 10.2. The largest absolute Gasteiger partial charge is 0.383 e. The summed E-state index contributed by atoms with van der Waals surface area (Å²) in [4.78, 5) is 3.85. The number of nitrogens with one attached hydrogen (secondary N) is 1. The maximum absolute atomic E-state index is 8.77. The zero-order valence-electron chi connectivity index (χ0n) is 6.93. The molecule has 0 amide bonds. The van der Waals surface area contributed by atoms with E-state index in [0.717, 1.165) is 6.54 Å². The lowest BCUT2D eigenvalue weighted by molar-refractivity contribution is 1.18. The Morgan fingerprint density at radius 2 is 2.46 bits per heavy atom. The maximum Gasteiger partial charge on any atom is 0.145 e. The summed E-state index contributed by atoms with van der Waals surface area (Å²) in [5, 5.41) is 12.2. The van der Waals surface area contributed by atoms with Crippen molar-refractivity contribution in [3.63, 3.8) is 0 Å². The Balaban J connectivity index is 3.26. The molecule has 0 spiro atoms. The fraction of sp³-hybridized carbons (Fsp3) is 0.250. The average Bonchev–Trinajstić information content (AvgIpc) is 2.14. The molecule has 0 radical (unpaired) electrons. The number of hydrogen-bond acceptors (Lipinski definition) is 3. The summed E-state index contributed by atoms with van der Waals surface area (Å²) in [6.07, 6.45) is 1.45. The number of nitriles is 1. The fourth-order valence-electron chi connectivity index (χ4n) is 0.898. The number of nitrogens with zero attached hydrogens (tertiary/aromatic N) is 2. The molecule has 1 aromatic heterocycles. The Labute approximate surface area is 89.9 Å². The van der Waals surface area contributed by atoms with Crippen molar-refractivity contribution in [3.8, 4) is 6.07 Å². The highest BCUT2D eigenvalue weighted by atomic mass is 79.9. The van der Waals surface area contributed by atoms with Crippen LogP contribution in [-0.4, -0.2) is 11.5 Å². The van der Waals surface area contributed by atoms with E-state index in [1.54, 1.807) is 0 Å². The van der Waals surface area contributed by atoms with Gasteiger partial charge in [0.2, 0.25) is 0 Å². The first-order chi connectivity index (χ1) is 6.20. The van der Waals surface area contributed by atoms with Gasteiger partial charge in [-0.3, -0.25) is 0 Å². The first kappa shape index (κ1) is 10.3. The van der Waals surface area contributed by atoms with Gasteiger partial charge in [-0.2, -0.15) is 5.26 Å². The monoisotopic (exact) mass is 259 g/mol. The van der Waals surface area contributed by atoms with E-state index in [9.17, 15) is 0 Å². The number of anilines is 1. The Morgan fingerprint density at radius 1 is 1.77 bits per heavy atom. The van der Waals surface area contributed by atoms with Crippen LogP contribution in [0.3, 0.4) is 0 Å². The van der Waals surface area contributed by atoms with Crippen LogP contribution in [0.4, 0.5) is 5.69 Å². The number of pyridine rings is 1. The molecule has 0 atom stereocenters. The van der Waals surface area contributed by atoms with E-state index in [2.05, 4.69) is 26.2 Å². The van der Waals surface area contributed by atoms with E-state index in [0.29, 0.717) is 20.9 Å². The van der Waals surface area contributed by atoms with Crippen molar-refractivity contribution >= 4 is 33.2 Å². The number of halogens is 2. The predicted molar refractivity (Wildman–Crippen MR) is 55.8 cm³/mol. The van der Waals surface area contributed by atoms with Crippen molar-refractivity contribution in [2.45, 2.75) is 6.92 Å². The van der Waals surface area contributed by atoms with Crippen LogP contribution in [0.15, 0.2) is 10.7 Å². The van der Waals surface area contributed by atoms with E-state index in [1.807, 2.05) is 13.0 Å². The molecule has 1 heterocycles. The zero-order valence-corrected chi connectivity index (χ0v) is 9.28. The second-order valence-corrected chi connectivity index (χ2v) is 3.44. The van der Waals surface area contributed by atoms with Crippen LogP contribution in [0.25, 0.3) is 0 Å². The molecule has 0 aromatic carbocycles. The molecule has 1 aromatic rings. The standard InChI is InChI=1S/C8H7BrClN3/c1-2-12-7-5(3-11)4-13-8(10)6(7)9/h4H,2H2,1H3,(H,12,13). The summed E-state index contributed by atoms with van der Waals surface area (Å²) in [6.45, 7) is 2.68. The van der Waals surface area contributed by atoms with Gasteiger partial charge in [-0.1, -0.05) is 11.6 Å². The third kappa shape index (κ3) is 2.11.